The molecule has 1 heterocycles. The van der Waals surface area contributed by atoms with E-state index in [1.165, 1.54) is 12.8 Å². The summed E-state index contributed by atoms with van der Waals surface area (Å²) in [6.07, 6.45) is 6.93. The lowest BCUT2D eigenvalue weighted by molar-refractivity contribution is 0.627. The minimum atomic E-state index is 0.844. The summed E-state index contributed by atoms with van der Waals surface area (Å²) in [5, 5.41) is 3.37. The van der Waals surface area contributed by atoms with Gasteiger partial charge in [0.05, 0.1) is 11.4 Å². The lowest BCUT2D eigenvalue weighted by Crippen LogP contribution is -2.17. The van der Waals surface area contributed by atoms with Crippen LogP contribution in [0.25, 0.3) is 0 Å². The molecule has 1 aromatic rings. The first kappa shape index (κ1) is 11.1. The van der Waals surface area contributed by atoms with Crippen LogP contribution >= 0.6 is 0 Å². The Morgan fingerprint density at radius 1 is 1.14 bits per heavy atom. The second-order valence-electron chi connectivity index (χ2n) is 3.33. The van der Waals surface area contributed by atoms with E-state index in [0.717, 1.165) is 30.9 Å². The molecular weight excluding hydrogens is 174 g/mol. The molecule has 14 heavy (non-hydrogen) atoms. The van der Waals surface area contributed by atoms with E-state index in [2.05, 4.69) is 29.1 Å². The SMILES string of the molecule is CCCCNCc1nccnc1CC. The molecule has 1 rings (SSSR count). The summed E-state index contributed by atoms with van der Waals surface area (Å²) in [6.45, 7) is 6.22. The van der Waals surface area contributed by atoms with Crippen molar-refractivity contribution in [2.45, 2.75) is 39.7 Å². The first-order valence-corrected chi connectivity index (χ1v) is 5.38. The van der Waals surface area contributed by atoms with Crippen molar-refractivity contribution in [3.05, 3.63) is 23.8 Å². The van der Waals surface area contributed by atoms with Gasteiger partial charge < -0.3 is 5.32 Å². The van der Waals surface area contributed by atoms with Gasteiger partial charge in [0.25, 0.3) is 0 Å². The molecule has 0 aliphatic heterocycles. The van der Waals surface area contributed by atoms with E-state index in [9.17, 15) is 0 Å². The first-order valence-electron chi connectivity index (χ1n) is 5.38. The number of nitrogens with zero attached hydrogens (tertiary/aromatic N) is 2. The largest absolute Gasteiger partial charge is 0.311 e. The molecule has 0 saturated carbocycles. The smallest absolute Gasteiger partial charge is 0.0756 e. The molecule has 0 aromatic carbocycles. The molecule has 1 aromatic heterocycles. The van der Waals surface area contributed by atoms with Crippen molar-refractivity contribution in [2.24, 2.45) is 0 Å². The monoisotopic (exact) mass is 193 g/mol. The summed E-state index contributed by atoms with van der Waals surface area (Å²) >= 11 is 0. The van der Waals surface area contributed by atoms with Crippen molar-refractivity contribution in [3.8, 4) is 0 Å². The van der Waals surface area contributed by atoms with Gasteiger partial charge in [-0.3, -0.25) is 9.97 Å². The van der Waals surface area contributed by atoms with Crippen LogP contribution in [-0.4, -0.2) is 16.5 Å². The number of nitrogens with one attached hydrogen (secondary N) is 1. The van der Waals surface area contributed by atoms with E-state index < -0.39 is 0 Å². The van der Waals surface area contributed by atoms with Gasteiger partial charge in [0, 0.05) is 18.9 Å². The first-order chi connectivity index (χ1) is 6.88. The maximum Gasteiger partial charge on any atom is 0.0756 e. The molecule has 3 heteroatoms. The Hall–Kier alpha value is -0.960. The molecule has 1 N–H and O–H groups in total. The predicted octanol–water partition coefficient (Wildman–Crippen LogP) is 1.93. The van der Waals surface area contributed by atoms with E-state index in [0.29, 0.717) is 0 Å². The molecule has 0 spiro atoms. The normalized spacial score (nSPS) is 10.4. The highest BCUT2D eigenvalue weighted by Gasteiger charge is 2.01. The third kappa shape index (κ3) is 3.42. The maximum atomic E-state index is 4.32. The van der Waals surface area contributed by atoms with E-state index in [-0.39, 0.29) is 0 Å². The molecule has 3 nitrogen and oxygen atoms in total. The molecule has 0 saturated heterocycles. The summed E-state index contributed by atoms with van der Waals surface area (Å²) in [6, 6.07) is 0. The van der Waals surface area contributed by atoms with Crippen molar-refractivity contribution in [3.63, 3.8) is 0 Å². The van der Waals surface area contributed by atoms with Crippen LogP contribution in [0.2, 0.25) is 0 Å². The van der Waals surface area contributed by atoms with Crippen LogP contribution in [-0.2, 0) is 13.0 Å². The summed E-state index contributed by atoms with van der Waals surface area (Å²) in [5.41, 5.74) is 2.20. The summed E-state index contributed by atoms with van der Waals surface area (Å²) < 4.78 is 0. The molecule has 0 radical (unpaired) electrons. The predicted molar refractivity (Wildman–Crippen MR) is 58.0 cm³/mol. The molecule has 0 aliphatic carbocycles. The summed E-state index contributed by atoms with van der Waals surface area (Å²) in [7, 11) is 0. The molecular formula is C11H19N3. The number of aromatic nitrogens is 2. The Kier molecular flexibility index (Phi) is 5.15. The lowest BCUT2D eigenvalue weighted by Gasteiger charge is -2.06. The zero-order valence-corrected chi connectivity index (χ0v) is 9.08. The van der Waals surface area contributed by atoms with E-state index in [1.807, 2.05) is 0 Å². The Morgan fingerprint density at radius 3 is 2.50 bits per heavy atom. The van der Waals surface area contributed by atoms with E-state index in [1.54, 1.807) is 12.4 Å². The standard InChI is InChI=1S/C11H19N3/c1-3-5-6-12-9-11-10(4-2)13-7-8-14-11/h7-8,12H,3-6,9H2,1-2H3. The van der Waals surface area contributed by atoms with Crippen molar-refractivity contribution in [1.82, 2.24) is 15.3 Å². The molecule has 0 unspecified atom stereocenters. The average molecular weight is 193 g/mol. The highest BCUT2D eigenvalue weighted by Crippen LogP contribution is 2.01. The highest BCUT2D eigenvalue weighted by atomic mass is 14.9. The van der Waals surface area contributed by atoms with E-state index in [4.69, 9.17) is 0 Å². The third-order valence-corrected chi connectivity index (χ3v) is 2.19. The Morgan fingerprint density at radius 2 is 1.86 bits per heavy atom. The summed E-state index contributed by atoms with van der Waals surface area (Å²) in [4.78, 5) is 8.62. The summed E-state index contributed by atoms with van der Waals surface area (Å²) in [5.74, 6) is 0. The number of rotatable bonds is 6. The number of unbranched alkanes of at least 4 members (excludes halogenated alkanes) is 1. The minimum Gasteiger partial charge on any atom is -0.311 e. The fourth-order valence-corrected chi connectivity index (χ4v) is 1.35. The number of hydrogen-bond donors (Lipinski definition) is 1. The molecule has 0 fully saturated rings. The van der Waals surface area contributed by atoms with Crippen LogP contribution in [0, 0.1) is 0 Å². The highest BCUT2D eigenvalue weighted by molar-refractivity contribution is 5.09. The van der Waals surface area contributed by atoms with Crippen molar-refractivity contribution in [1.29, 1.82) is 0 Å². The molecule has 0 amide bonds. The third-order valence-electron chi connectivity index (χ3n) is 2.19. The molecule has 78 valence electrons. The minimum absolute atomic E-state index is 0.844. The fraction of sp³-hybridized carbons (Fsp3) is 0.636. The van der Waals surface area contributed by atoms with Gasteiger partial charge in [-0.2, -0.15) is 0 Å². The Bertz CT molecular complexity index is 260. The van der Waals surface area contributed by atoms with Gasteiger partial charge in [0.1, 0.15) is 0 Å². The van der Waals surface area contributed by atoms with Crippen LogP contribution < -0.4 is 5.32 Å². The van der Waals surface area contributed by atoms with Gasteiger partial charge in [-0.15, -0.1) is 0 Å². The van der Waals surface area contributed by atoms with Crippen LogP contribution in [0.3, 0.4) is 0 Å². The zero-order chi connectivity index (χ0) is 10.2. The van der Waals surface area contributed by atoms with Crippen LogP contribution in [0.15, 0.2) is 12.4 Å². The van der Waals surface area contributed by atoms with Gasteiger partial charge in [-0.05, 0) is 19.4 Å². The fourth-order valence-electron chi connectivity index (χ4n) is 1.35. The number of aryl methyl sites for hydroxylation is 1. The lowest BCUT2D eigenvalue weighted by atomic mass is 10.2. The zero-order valence-electron chi connectivity index (χ0n) is 9.08. The number of hydrogen-bond acceptors (Lipinski definition) is 3. The quantitative estimate of drug-likeness (QED) is 0.701. The second-order valence-corrected chi connectivity index (χ2v) is 3.33. The maximum absolute atomic E-state index is 4.32. The average Bonchev–Trinajstić information content (AvgIpc) is 2.25. The van der Waals surface area contributed by atoms with Gasteiger partial charge in [0.2, 0.25) is 0 Å². The van der Waals surface area contributed by atoms with Crippen molar-refractivity contribution < 1.29 is 0 Å². The van der Waals surface area contributed by atoms with Gasteiger partial charge in [-0.25, -0.2) is 0 Å². The van der Waals surface area contributed by atoms with Crippen molar-refractivity contribution in [2.75, 3.05) is 6.54 Å². The van der Waals surface area contributed by atoms with Crippen LogP contribution in [0.4, 0.5) is 0 Å². The second kappa shape index (κ2) is 6.49. The molecule has 0 atom stereocenters. The van der Waals surface area contributed by atoms with Crippen LogP contribution in [0.1, 0.15) is 38.1 Å². The molecule has 0 bridgehead atoms. The molecule has 0 aliphatic rings. The topological polar surface area (TPSA) is 37.8 Å². The van der Waals surface area contributed by atoms with Crippen LogP contribution in [0.5, 0.6) is 0 Å². The Labute approximate surface area is 86.0 Å². The van der Waals surface area contributed by atoms with Gasteiger partial charge in [0.15, 0.2) is 0 Å². The van der Waals surface area contributed by atoms with Crippen molar-refractivity contribution >= 4 is 0 Å². The van der Waals surface area contributed by atoms with Gasteiger partial charge >= 0.3 is 0 Å². The Balaban J connectivity index is 2.41. The van der Waals surface area contributed by atoms with E-state index >= 15 is 0 Å². The van der Waals surface area contributed by atoms with Gasteiger partial charge in [-0.1, -0.05) is 20.3 Å².